The molecule has 0 unspecified atom stereocenters. The predicted molar refractivity (Wildman–Crippen MR) is 77.1 cm³/mol. The first-order chi connectivity index (χ1) is 9.97. The summed E-state index contributed by atoms with van der Waals surface area (Å²) in [6.45, 7) is 0.435. The van der Waals surface area contributed by atoms with Crippen molar-refractivity contribution in [1.82, 2.24) is 14.7 Å². The van der Waals surface area contributed by atoms with Crippen LogP contribution in [0.3, 0.4) is 0 Å². The molecule has 0 aliphatic heterocycles. The molecule has 0 aliphatic rings. The van der Waals surface area contributed by atoms with E-state index in [4.69, 9.17) is 5.11 Å². The molecule has 0 radical (unpaired) electrons. The van der Waals surface area contributed by atoms with Gasteiger partial charge in [0, 0.05) is 20.3 Å². The van der Waals surface area contributed by atoms with Crippen LogP contribution in [0.4, 0.5) is 0 Å². The second-order valence-corrected chi connectivity index (χ2v) is 4.94. The van der Waals surface area contributed by atoms with E-state index in [0.717, 1.165) is 11.1 Å². The Hall–Kier alpha value is -2.63. The van der Waals surface area contributed by atoms with Crippen LogP contribution < -0.4 is 0 Å². The summed E-state index contributed by atoms with van der Waals surface area (Å²) in [5.74, 6) is -1.03. The molecule has 0 saturated carbocycles. The first-order valence-corrected chi connectivity index (χ1v) is 6.51. The van der Waals surface area contributed by atoms with Crippen LogP contribution in [-0.2, 0) is 17.8 Å². The minimum atomic E-state index is -0.869. The molecule has 1 amide bonds. The highest BCUT2D eigenvalue weighted by atomic mass is 16.4. The van der Waals surface area contributed by atoms with Crippen LogP contribution in [0, 0.1) is 0 Å². The van der Waals surface area contributed by atoms with Crippen LogP contribution >= 0.6 is 0 Å². The third-order valence-electron chi connectivity index (χ3n) is 3.06. The molecule has 1 aromatic heterocycles. The molecule has 0 spiro atoms. The summed E-state index contributed by atoms with van der Waals surface area (Å²) in [7, 11) is 3.34. The maximum Gasteiger partial charge on any atom is 0.307 e. The monoisotopic (exact) mass is 287 g/mol. The maximum atomic E-state index is 11.8. The third-order valence-corrected chi connectivity index (χ3v) is 3.06. The Bertz CT molecular complexity index is 662. The Balaban J connectivity index is 2.19. The van der Waals surface area contributed by atoms with Gasteiger partial charge in [0.05, 0.1) is 13.0 Å². The highest BCUT2D eigenvalue weighted by molar-refractivity contribution is 5.91. The summed E-state index contributed by atoms with van der Waals surface area (Å²) in [4.78, 5) is 24.1. The Labute approximate surface area is 122 Å². The zero-order chi connectivity index (χ0) is 15.4. The number of hydrogen-bond acceptors (Lipinski definition) is 3. The van der Waals surface area contributed by atoms with Gasteiger partial charge in [-0.05, 0) is 17.2 Å². The zero-order valence-electron chi connectivity index (χ0n) is 12.0. The first-order valence-electron chi connectivity index (χ1n) is 6.51. The molecule has 1 heterocycles. The van der Waals surface area contributed by atoms with E-state index in [1.807, 2.05) is 18.2 Å². The lowest BCUT2D eigenvalue weighted by Gasteiger charge is -2.09. The van der Waals surface area contributed by atoms with Gasteiger partial charge in [-0.2, -0.15) is 5.10 Å². The number of aliphatic carboxylic acids is 1. The zero-order valence-corrected chi connectivity index (χ0v) is 12.0. The van der Waals surface area contributed by atoms with E-state index in [0.29, 0.717) is 12.2 Å². The lowest BCUT2D eigenvalue weighted by Crippen LogP contribution is -2.22. The number of carbonyl (C=O) groups is 2. The minimum Gasteiger partial charge on any atom is -0.481 e. The first kappa shape index (κ1) is 14.8. The van der Waals surface area contributed by atoms with Gasteiger partial charge in [-0.1, -0.05) is 24.3 Å². The van der Waals surface area contributed by atoms with Gasteiger partial charge in [-0.3, -0.25) is 14.3 Å². The van der Waals surface area contributed by atoms with Crippen molar-refractivity contribution in [1.29, 1.82) is 0 Å². The van der Waals surface area contributed by atoms with E-state index in [-0.39, 0.29) is 12.3 Å². The van der Waals surface area contributed by atoms with Crippen molar-refractivity contribution in [3.63, 3.8) is 0 Å². The molecule has 6 nitrogen and oxygen atoms in total. The smallest absolute Gasteiger partial charge is 0.307 e. The van der Waals surface area contributed by atoms with Gasteiger partial charge in [0.15, 0.2) is 0 Å². The Morgan fingerprint density at radius 1 is 1.19 bits per heavy atom. The standard InChI is InChI=1S/C15H17N3O3/c1-17(2)15(21)13-7-8-18(16-13)10-12-6-4-3-5-11(12)9-14(19)20/h3-8H,9-10H2,1-2H3,(H,19,20). The van der Waals surface area contributed by atoms with Crippen molar-refractivity contribution in [2.75, 3.05) is 14.1 Å². The number of rotatable bonds is 5. The summed E-state index contributed by atoms with van der Waals surface area (Å²) in [5.41, 5.74) is 2.00. The van der Waals surface area contributed by atoms with Gasteiger partial charge in [0.25, 0.3) is 5.91 Å². The molecule has 1 N–H and O–H groups in total. The van der Waals surface area contributed by atoms with Crippen molar-refractivity contribution in [2.24, 2.45) is 0 Å². The molecule has 0 fully saturated rings. The summed E-state index contributed by atoms with van der Waals surface area (Å²) >= 11 is 0. The Morgan fingerprint density at radius 3 is 2.48 bits per heavy atom. The summed E-state index contributed by atoms with van der Waals surface area (Å²) in [5, 5.41) is 13.1. The number of aromatic nitrogens is 2. The lowest BCUT2D eigenvalue weighted by atomic mass is 10.0. The van der Waals surface area contributed by atoms with Gasteiger partial charge >= 0.3 is 5.97 Å². The van der Waals surface area contributed by atoms with E-state index in [1.54, 1.807) is 37.1 Å². The van der Waals surface area contributed by atoms with E-state index >= 15 is 0 Å². The van der Waals surface area contributed by atoms with E-state index in [1.165, 1.54) is 4.90 Å². The summed E-state index contributed by atoms with van der Waals surface area (Å²) < 4.78 is 1.64. The quantitative estimate of drug-likeness (QED) is 0.898. The molecule has 110 valence electrons. The fourth-order valence-electron chi connectivity index (χ4n) is 2.01. The van der Waals surface area contributed by atoms with Crippen molar-refractivity contribution in [3.8, 4) is 0 Å². The molecular formula is C15H17N3O3. The molecule has 6 heteroatoms. The molecule has 2 rings (SSSR count). The number of amides is 1. The van der Waals surface area contributed by atoms with Crippen LogP contribution in [0.15, 0.2) is 36.5 Å². The summed E-state index contributed by atoms with van der Waals surface area (Å²) in [6, 6.07) is 8.98. The molecule has 0 bridgehead atoms. The Kier molecular flexibility index (Phi) is 4.37. The largest absolute Gasteiger partial charge is 0.481 e. The van der Waals surface area contributed by atoms with E-state index in [2.05, 4.69) is 5.10 Å². The molecule has 0 aliphatic carbocycles. The van der Waals surface area contributed by atoms with Gasteiger partial charge in [-0.25, -0.2) is 0 Å². The van der Waals surface area contributed by atoms with Gasteiger partial charge in [-0.15, -0.1) is 0 Å². The number of hydrogen-bond donors (Lipinski definition) is 1. The third kappa shape index (κ3) is 3.68. The number of nitrogens with zero attached hydrogens (tertiary/aromatic N) is 3. The molecule has 0 atom stereocenters. The van der Waals surface area contributed by atoms with Gasteiger partial charge in [0.2, 0.25) is 0 Å². The topological polar surface area (TPSA) is 75.4 Å². The minimum absolute atomic E-state index is 0.0269. The molecular weight excluding hydrogens is 270 g/mol. The van der Waals surface area contributed by atoms with Crippen molar-refractivity contribution >= 4 is 11.9 Å². The van der Waals surface area contributed by atoms with Crippen molar-refractivity contribution in [2.45, 2.75) is 13.0 Å². The SMILES string of the molecule is CN(C)C(=O)c1ccn(Cc2ccccc2CC(=O)O)n1. The fourth-order valence-corrected chi connectivity index (χ4v) is 2.01. The molecule has 0 saturated heterocycles. The summed E-state index contributed by atoms with van der Waals surface area (Å²) in [6.07, 6.45) is 1.69. The van der Waals surface area contributed by atoms with Crippen molar-refractivity contribution < 1.29 is 14.7 Å². The van der Waals surface area contributed by atoms with Crippen LogP contribution in [0.1, 0.15) is 21.6 Å². The van der Waals surface area contributed by atoms with Crippen LogP contribution in [-0.4, -0.2) is 45.8 Å². The number of carboxylic acids is 1. The average Bonchev–Trinajstić information content (AvgIpc) is 2.88. The van der Waals surface area contributed by atoms with Gasteiger partial charge < -0.3 is 10.0 Å². The predicted octanol–water partition coefficient (Wildman–Crippen LogP) is 1.26. The highest BCUT2D eigenvalue weighted by Crippen LogP contribution is 2.12. The second kappa shape index (κ2) is 6.21. The number of benzene rings is 1. The number of carbonyl (C=O) groups excluding carboxylic acids is 1. The second-order valence-electron chi connectivity index (χ2n) is 4.94. The lowest BCUT2D eigenvalue weighted by molar-refractivity contribution is -0.136. The van der Waals surface area contributed by atoms with Crippen LogP contribution in [0.25, 0.3) is 0 Å². The maximum absolute atomic E-state index is 11.8. The number of carboxylic acid groups (broad SMARTS) is 1. The molecule has 2 aromatic rings. The average molecular weight is 287 g/mol. The Morgan fingerprint density at radius 2 is 1.86 bits per heavy atom. The molecule has 1 aromatic carbocycles. The normalized spacial score (nSPS) is 10.4. The van der Waals surface area contributed by atoms with E-state index < -0.39 is 5.97 Å². The highest BCUT2D eigenvalue weighted by Gasteiger charge is 2.12. The van der Waals surface area contributed by atoms with E-state index in [9.17, 15) is 9.59 Å². The molecule has 21 heavy (non-hydrogen) atoms. The fraction of sp³-hybridized carbons (Fsp3) is 0.267. The van der Waals surface area contributed by atoms with Crippen molar-refractivity contribution in [3.05, 3.63) is 53.3 Å². The van der Waals surface area contributed by atoms with Gasteiger partial charge in [0.1, 0.15) is 5.69 Å². The van der Waals surface area contributed by atoms with Crippen LogP contribution in [0.2, 0.25) is 0 Å². The van der Waals surface area contributed by atoms with Crippen LogP contribution in [0.5, 0.6) is 0 Å².